The molecule has 0 bridgehead atoms. The molecule has 3 nitrogen and oxygen atoms in total. The minimum absolute atomic E-state index is 0.212. The highest BCUT2D eigenvalue weighted by molar-refractivity contribution is 7.99. The van der Waals surface area contributed by atoms with E-state index in [1.54, 1.807) is 36.0 Å². The number of benzene rings is 1. The summed E-state index contributed by atoms with van der Waals surface area (Å²) in [4.78, 5) is 0.364. The average molecular weight is 259 g/mol. The zero-order valence-electron chi connectivity index (χ0n) is 9.35. The van der Waals surface area contributed by atoms with Crippen molar-refractivity contribution in [2.45, 2.75) is 18.2 Å². The first-order valence-corrected chi connectivity index (χ1v) is 8.03. The van der Waals surface area contributed by atoms with E-state index in [1.165, 1.54) is 0 Å². The van der Waals surface area contributed by atoms with Gasteiger partial charge in [0.1, 0.15) is 0 Å². The van der Waals surface area contributed by atoms with Gasteiger partial charge in [0, 0.05) is 5.69 Å². The predicted octanol–water partition coefficient (Wildman–Crippen LogP) is 2.19. The lowest BCUT2D eigenvalue weighted by Crippen LogP contribution is -2.07. The van der Waals surface area contributed by atoms with E-state index in [2.05, 4.69) is 6.92 Å². The first-order valence-electron chi connectivity index (χ1n) is 5.22. The van der Waals surface area contributed by atoms with Crippen LogP contribution in [0, 0.1) is 0 Å². The van der Waals surface area contributed by atoms with E-state index in [1.807, 2.05) is 0 Å². The third-order valence-corrected chi connectivity index (χ3v) is 4.95. The number of hydrogen-bond acceptors (Lipinski definition) is 4. The molecule has 0 heterocycles. The molecule has 16 heavy (non-hydrogen) atoms. The van der Waals surface area contributed by atoms with Crippen LogP contribution >= 0.6 is 11.8 Å². The predicted molar refractivity (Wildman–Crippen MR) is 70.5 cm³/mol. The van der Waals surface area contributed by atoms with Gasteiger partial charge in [-0.15, -0.1) is 0 Å². The van der Waals surface area contributed by atoms with Gasteiger partial charge in [-0.05, 0) is 42.2 Å². The van der Waals surface area contributed by atoms with Crippen molar-refractivity contribution in [1.29, 1.82) is 0 Å². The molecule has 0 aliphatic rings. The van der Waals surface area contributed by atoms with Gasteiger partial charge in [-0.3, -0.25) is 0 Å². The minimum Gasteiger partial charge on any atom is -0.399 e. The molecule has 0 aromatic heterocycles. The van der Waals surface area contributed by atoms with E-state index in [0.717, 1.165) is 11.5 Å². The highest BCUT2D eigenvalue weighted by atomic mass is 32.2. The van der Waals surface area contributed by atoms with Crippen LogP contribution < -0.4 is 5.73 Å². The van der Waals surface area contributed by atoms with Gasteiger partial charge in [-0.1, -0.05) is 6.92 Å². The van der Waals surface area contributed by atoms with Gasteiger partial charge < -0.3 is 5.73 Å². The van der Waals surface area contributed by atoms with Crippen molar-refractivity contribution in [3.63, 3.8) is 0 Å². The lowest BCUT2D eigenvalue weighted by molar-refractivity contribution is 0.595. The second-order valence-corrected chi connectivity index (χ2v) is 6.94. The first kappa shape index (κ1) is 13.4. The smallest absolute Gasteiger partial charge is 0.178 e. The summed E-state index contributed by atoms with van der Waals surface area (Å²) in [6.45, 7) is 2.07. The van der Waals surface area contributed by atoms with E-state index in [4.69, 9.17) is 5.73 Å². The molecule has 1 rings (SSSR count). The second-order valence-electron chi connectivity index (χ2n) is 3.44. The fourth-order valence-electron chi connectivity index (χ4n) is 1.29. The van der Waals surface area contributed by atoms with Crippen LogP contribution in [0.1, 0.15) is 13.3 Å². The molecule has 1 aromatic carbocycles. The van der Waals surface area contributed by atoms with Crippen LogP contribution in [0.25, 0.3) is 0 Å². The van der Waals surface area contributed by atoms with E-state index >= 15 is 0 Å². The Hall–Kier alpha value is -0.680. The van der Waals surface area contributed by atoms with E-state index in [9.17, 15) is 8.42 Å². The summed E-state index contributed by atoms with van der Waals surface area (Å²) < 4.78 is 23.7. The lowest BCUT2D eigenvalue weighted by atomic mass is 10.3. The van der Waals surface area contributed by atoms with Gasteiger partial charge in [-0.2, -0.15) is 11.8 Å². The molecule has 0 amide bonds. The van der Waals surface area contributed by atoms with Crippen LogP contribution in [0.3, 0.4) is 0 Å². The first-order chi connectivity index (χ1) is 7.56. The molecule has 0 aliphatic heterocycles. The van der Waals surface area contributed by atoms with Gasteiger partial charge in [0.25, 0.3) is 0 Å². The largest absolute Gasteiger partial charge is 0.399 e. The summed E-state index contributed by atoms with van der Waals surface area (Å²) in [7, 11) is -3.13. The summed E-state index contributed by atoms with van der Waals surface area (Å²) in [5, 5.41) is 0. The molecule has 0 fully saturated rings. The number of sulfone groups is 1. The standard InChI is InChI=1S/C11H17NO2S2/c1-2-15-8-3-9-16(13,14)11-6-4-10(12)5-7-11/h4-7H,2-3,8-9,12H2,1H3. The maximum Gasteiger partial charge on any atom is 0.178 e. The van der Waals surface area contributed by atoms with Gasteiger partial charge >= 0.3 is 0 Å². The number of anilines is 1. The topological polar surface area (TPSA) is 60.2 Å². The molecule has 0 saturated heterocycles. The molecule has 0 radical (unpaired) electrons. The van der Waals surface area contributed by atoms with E-state index < -0.39 is 9.84 Å². The molecule has 0 aliphatic carbocycles. The summed E-state index contributed by atoms with van der Waals surface area (Å²) in [6.07, 6.45) is 0.700. The van der Waals surface area contributed by atoms with Gasteiger partial charge in [0.15, 0.2) is 9.84 Å². The Morgan fingerprint density at radius 3 is 2.44 bits per heavy atom. The highest BCUT2D eigenvalue weighted by Gasteiger charge is 2.13. The van der Waals surface area contributed by atoms with Gasteiger partial charge in [-0.25, -0.2) is 8.42 Å². The van der Waals surface area contributed by atoms with Crippen LogP contribution in [0.5, 0.6) is 0 Å². The Labute approximate surface area is 101 Å². The van der Waals surface area contributed by atoms with Crippen LogP contribution in [-0.4, -0.2) is 25.7 Å². The molecular weight excluding hydrogens is 242 g/mol. The average Bonchev–Trinajstić information content (AvgIpc) is 2.25. The zero-order valence-corrected chi connectivity index (χ0v) is 11.0. The van der Waals surface area contributed by atoms with Crippen molar-refractivity contribution in [2.24, 2.45) is 0 Å². The van der Waals surface area contributed by atoms with Crippen LogP contribution in [0.2, 0.25) is 0 Å². The molecule has 90 valence electrons. The summed E-state index contributed by atoms with van der Waals surface area (Å²) in [5.74, 6) is 2.14. The highest BCUT2D eigenvalue weighted by Crippen LogP contribution is 2.15. The maximum atomic E-state index is 11.9. The zero-order chi connectivity index (χ0) is 12.0. The van der Waals surface area contributed by atoms with Crippen LogP contribution in [0.15, 0.2) is 29.2 Å². The van der Waals surface area contributed by atoms with Crippen molar-refractivity contribution < 1.29 is 8.42 Å². The van der Waals surface area contributed by atoms with Crippen molar-refractivity contribution in [3.05, 3.63) is 24.3 Å². The Bertz CT molecular complexity index is 412. The molecule has 2 N–H and O–H groups in total. The summed E-state index contributed by atoms with van der Waals surface area (Å²) in [6, 6.07) is 6.37. The molecule has 1 aromatic rings. The Kier molecular flexibility index (Phi) is 5.15. The number of rotatable bonds is 6. The molecular formula is C11H17NO2S2. The second kappa shape index (κ2) is 6.15. The molecule has 0 atom stereocenters. The minimum atomic E-state index is -3.13. The number of hydrogen-bond donors (Lipinski definition) is 1. The van der Waals surface area contributed by atoms with Gasteiger partial charge in [0.05, 0.1) is 10.6 Å². The number of nitrogens with two attached hydrogens (primary N) is 1. The SMILES string of the molecule is CCSCCCS(=O)(=O)c1ccc(N)cc1. The fraction of sp³-hybridized carbons (Fsp3) is 0.455. The monoisotopic (exact) mass is 259 g/mol. The summed E-state index contributed by atoms with van der Waals surface area (Å²) in [5.41, 5.74) is 6.10. The summed E-state index contributed by atoms with van der Waals surface area (Å²) >= 11 is 1.76. The van der Waals surface area contributed by atoms with Crippen molar-refractivity contribution in [3.8, 4) is 0 Å². The van der Waals surface area contributed by atoms with Crippen molar-refractivity contribution >= 4 is 27.3 Å². The molecule has 5 heteroatoms. The van der Waals surface area contributed by atoms with Crippen LogP contribution in [-0.2, 0) is 9.84 Å². The molecule has 0 unspecified atom stereocenters. The molecule has 0 saturated carbocycles. The third-order valence-electron chi connectivity index (χ3n) is 2.15. The maximum absolute atomic E-state index is 11.9. The lowest BCUT2D eigenvalue weighted by Gasteiger charge is -2.04. The Morgan fingerprint density at radius 1 is 1.25 bits per heavy atom. The molecule has 0 spiro atoms. The van der Waals surface area contributed by atoms with Gasteiger partial charge in [0.2, 0.25) is 0 Å². The van der Waals surface area contributed by atoms with Crippen molar-refractivity contribution in [2.75, 3.05) is 23.0 Å². The third kappa shape index (κ3) is 4.06. The normalized spacial score (nSPS) is 11.6. The van der Waals surface area contributed by atoms with E-state index in [-0.39, 0.29) is 5.75 Å². The number of thioether (sulfide) groups is 1. The fourth-order valence-corrected chi connectivity index (χ4v) is 3.42. The Morgan fingerprint density at radius 2 is 1.88 bits per heavy atom. The van der Waals surface area contributed by atoms with Crippen LogP contribution in [0.4, 0.5) is 5.69 Å². The van der Waals surface area contributed by atoms with Crippen molar-refractivity contribution in [1.82, 2.24) is 0 Å². The van der Waals surface area contributed by atoms with E-state index in [0.29, 0.717) is 17.0 Å². The quantitative estimate of drug-likeness (QED) is 0.628. The Balaban J connectivity index is 2.60. The number of nitrogen functional groups attached to an aromatic ring is 1.